The normalized spacial score (nSPS) is 15.9. The molecule has 0 aromatic heterocycles. The van der Waals surface area contributed by atoms with Gasteiger partial charge in [-0.25, -0.2) is 0 Å². The van der Waals surface area contributed by atoms with E-state index in [1.165, 1.54) is 150 Å². The predicted molar refractivity (Wildman–Crippen MR) is 291 cm³/mol. The number of benzene rings is 10. The third-order valence-corrected chi connectivity index (χ3v) is 16.4. The zero-order valence-electron chi connectivity index (χ0n) is 38.6. The van der Waals surface area contributed by atoms with Gasteiger partial charge >= 0.3 is 0 Å². The van der Waals surface area contributed by atoms with Crippen LogP contribution in [-0.2, 0) is 11.8 Å². The van der Waals surface area contributed by atoms with E-state index >= 15 is 0 Å². The van der Waals surface area contributed by atoms with Crippen molar-refractivity contribution in [1.82, 2.24) is 0 Å². The van der Waals surface area contributed by atoms with Gasteiger partial charge < -0.3 is 0 Å². The van der Waals surface area contributed by atoms with E-state index in [0.29, 0.717) is 5.92 Å². The van der Waals surface area contributed by atoms with Crippen molar-refractivity contribution in [2.75, 3.05) is 0 Å². The second-order valence-corrected chi connectivity index (χ2v) is 20.3. The van der Waals surface area contributed by atoms with E-state index < -0.39 is 0 Å². The number of fused-ring (bicyclic) bond motifs is 7. The summed E-state index contributed by atoms with van der Waals surface area (Å²) in [5, 5.41) is 5.24. The third-order valence-electron chi connectivity index (χ3n) is 16.4. The average Bonchev–Trinajstić information content (AvgIpc) is 3.84. The van der Waals surface area contributed by atoms with E-state index in [2.05, 4.69) is 238 Å². The molecule has 10 aromatic carbocycles. The summed E-state index contributed by atoms with van der Waals surface area (Å²) in [7, 11) is 0. The Labute approximate surface area is 403 Å². The van der Waals surface area contributed by atoms with Crippen LogP contribution in [0.5, 0.6) is 0 Å². The van der Waals surface area contributed by atoms with Gasteiger partial charge in [-0.3, -0.25) is 0 Å². The van der Waals surface area contributed by atoms with Crippen LogP contribution in [0.2, 0.25) is 0 Å². The maximum absolute atomic E-state index is 2.45. The Morgan fingerprint density at radius 2 is 0.986 bits per heavy atom. The first-order valence-electron chi connectivity index (χ1n) is 24.6. The van der Waals surface area contributed by atoms with Crippen LogP contribution in [-0.4, -0.2) is 0 Å². The summed E-state index contributed by atoms with van der Waals surface area (Å²) < 4.78 is 0. The molecule has 0 saturated carbocycles. The van der Waals surface area contributed by atoms with Crippen molar-refractivity contribution in [3.63, 3.8) is 0 Å². The van der Waals surface area contributed by atoms with Gasteiger partial charge in [0.1, 0.15) is 0 Å². The topological polar surface area (TPSA) is 0 Å². The standard InChI is InChI=1S/C69H46/c1-69(2)62-39-51(43-18-16-41(17-19-43)42-20-24-45(25-21-42)54-34-30-50-29-28-47-9-5-10-48-31-37-59(54)67(50)64(47)48)32-35-56(62)57-36-33-52(40-63(57)69)44-22-26-49(27-23-44)66-55-13-4-3-8-53(55)38-61-58-14-6-11-46-12-7-15-60(65(46)58)68(61)66/h3-36,38-40,64H,37H2,1-2H3. The Morgan fingerprint density at radius 3 is 1.68 bits per heavy atom. The first-order chi connectivity index (χ1) is 33.9. The summed E-state index contributed by atoms with van der Waals surface area (Å²) in [6.45, 7) is 4.79. The van der Waals surface area contributed by atoms with Crippen LogP contribution in [0.15, 0.2) is 230 Å². The van der Waals surface area contributed by atoms with Crippen molar-refractivity contribution in [3.05, 3.63) is 257 Å². The molecular weight excluding hydrogens is 829 g/mol. The fraction of sp³-hybridized carbons (Fsp3) is 0.0725. The molecule has 10 aromatic rings. The molecule has 322 valence electrons. The van der Waals surface area contributed by atoms with Crippen molar-refractivity contribution in [1.29, 1.82) is 0 Å². The van der Waals surface area contributed by atoms with Crippen LogP contribution >= 0.6 is 0 Å². The van der Waals surface area contributed by atoms with Gasteiger partial charge in [0, 0.05) is 11.3 Å². The SMILES string of the molecule is CC1(C)c2cc(-c3ccc(-c4ccc(-c5ccc6c7c5CC=C5C=CC=C(C=C6)C57)cc4)cc3)ccc2-c2ccc(-c3ccc(-c4c5c(cc6ccccc46)-c4cccc6cccc-5c46)cc3)cc21. The zero-order valence-corrected chi connectivity index (χ0v) is 38.6. The first-order valence-corrected chi connectivity index (χ1v) is 24.6. The number of allylic oxidation sites excluding steroid dienone is 7. The fourth-order valence-electron chi connectivity index (χ4n) is 12.9. The predicted octanol–water partition coefficient (Wildman–Crippen LogP) is 18.4. The largest absolute Gasteiger partial charge is 0.0759 e. The van der Waals surface area contributed by atoms with Gasteiger partial charge in [0.2, 0.25) is 0 Å². The molecule has 1 atom stereocenters. The number of rotatable bonds is 5. The van der Waals surface area contributed by atoms with Gasteiger partial charge in [0.25, 0.3) is 0 Å². The van der Waals surface area contributed by atoms with Crippen LogP contribution in [0, 0.1) is 0 Å². The summed E-state index contributed by atoms with van der Waals surface area (Å²) in [6, 6.07) is 71.4. The smallest absolute Gasteiger partial charge is 0.0345 e. The van der Waals surface area contributed by atoms with E-state index in [0.717, 1.165) is 6.42 Å². The minimum Gasteiger partial charge on any atom is -0.0759 e. The Balaban J connectivity index is 0.705. The second-order valence-electron chi connectivity index (χ2n) is 20.3. The molecule has 0 aliphatic heterocycles. The van der Waals surface area contributed by atoms with Crippen LogP contribution < -0.4 is 0 Å². The van der Waals surface area contributed by atoms with Gasteiger partial charge in [-0.15, -0.1) is 0 Å². The van der Waals surface area contributed by atoms with E-state index in [-0.39, 0.29) is 5.41 Å². The van der Waals surface area contributed by atoms with E-state index in [4.69, 9.17) is 0 Å². The minimum absolute atomic E-state index is 0.143. The van der Waals surface area contributed by atoms with Crippen LogP contribution in [0.1, 0.15) is 47.6 Å². The first kappa shape index (κ1) is 38.8. The molecule has 0 heterocycles. The summed E-state index contributed by atoms with van der Waals surface area (Å²) >= 11 is 0. The highest BCUT2D eigenvalue weighted by Crippen LogP contribution is 2.55. The number of hydrogen-bond donors (Lipinski definition) is 0. The van der Waals surface area contributed by atoms with Crippen molar-refractivity contribution in [2.24, 2.45) is 0 Å². The number of hydrogen-bond acceptors (Lipinski definition) is 0. The van der Waals surface area contributed by atoms with Crippen molar-refractivity contribution < 1.29 is 0 Å². The van der Waals surface area contributed by atoms with Crippen LogP contribution in [0.3, 0.4) is 0 Å². The van der Waals surface area contributed by atoms with Gasteiger partial charge in [-0.2, -0.15) is 0 Å². The highest BCUT2D eigenvalue weighted by atomic mass is 14.4. The molecule has 0 amide bonds. The Kier molecular flexibility index (Phi) is 8.06. The van der Waals surface area contributed by atoms with E-state index in [1.807, 2.05) is 0 Å². The molecular formula is C69H46. The summed E-state index contributed by atoms with van der Waals surface area (Å²) in [4.78, 5) is 0. The van der Waals surface area contributed by atoms with E-state index in [1.54, 1.807) is 0 Å². The Hall–Kier alpha value is -8.32. The maximum atomic E-state index is 2.45. The lowest BCUT2D eigenvalue weighted by molar-refractivity contribution is 0.661. The monoisotopic (exact) mass is 874 g/mol. The summed E-state index contributed by atoms with van der Waals surface area (Å²) in [5.74, 6) is 0.367. The summed E-state index contributed by atoms with van der Waals surface area (Å²) in [6.07, 6.45) is 14.8. The van der Waals surface area contributed by atoms with Gasteiger partial charge in [-0.1, -0.05) is 220 Å². The van der Waals surface area contributed by atoms with Crippen molar-refractivity contribution >= 4 is 27.6 Å². The average molecular weight is 875 g/mol. The van der Waals surface area contributed by atoms with Crippen molar-refractivity contribution in [3.8, 4) is 89.0 Å². The highest BCUT2D eigenvalue weighted by molar-refractivity contribution is 6.22. The molecule has 5 aliphatic rings. The maximum Gasteiger partial charge on any atom is 0.0345 e. The van der Waals surface area contributed by atoms with Crippen LogP contribution in [0.25, 0.3) is 117 Å². The molecule has 0 saturated heterocycles. The molecule has 69 heavy (non-hydrogen) atoms. The third kappa shape index (κ3) is 5.64. The van der Waals surface area contributed by atoms with Crippen LogP contribution in [0.4, 0.5) is 0 Å². The van der Waals surface area contributed by atoms with Gasteiger partial charge in [0.15, 0.2) is 0 Å². The highest BCUT2D eigenvalue weighted by Gasteiger charge is 2.36. The van der Waals surface area contributed by atoms with Gasteiger partial charge in [0.05, 0.1) is 0 Å². The molecule has 0 nitrogen and oxygen atoms in total. The molecule has 0 spiro atoms. The molecule has 1 unspecified atom stereocenters. The van der Waals surface area contributed by atoms with E-state index in [9.17, 15) is 0 Å². The zero-order chi connectivity index (χ0) is 45.5. The molecule has 0 heteroatoms. The molecule has 15 rings (SSSR count). The van der Waals surface area contributed by atoms with Crippen molar-refractivity contribution in [2.45, 2.75) is 31.6 Å². The molecule has 0 N–H and O–H groups in total. The second kappa shape index (κ2) is 14.3. The Morgan fingerprint density at radius 1 is 0.406 bits per heavy atom. The minimum atomic E-state index is -0.143. The lowest BCUT2D eigenvalue weighted by Gasteiger charge is -2.34. The Bertz CT molecular complexity index is 4010. The molecule has 5 aliphatic carbocycles. The fourth-order valence-corrected chi connectivity index (χ4v) is 12.9. The molecule has 0 radical (unpaired) electrons. The summed E-state index contributed by atoms with van der Waals surface area (Å²) in [5.41, 5.74) is 30.5. The quantitative estimate of drug-likeness (QED) is 0.162. The molecule has 0 bridgehead atoms. The van der Waals surface area contributed by atoms with Gasteiger partial charge in [-0.05, 0) is 174 Å². The molecule has 0 fully saturated rings. The lowest BCUT2D eigenvalue weighted by atomic mass is 9.70. The lowest BCUT2D eigenvalue weighted by Crippen LogP contribution is -2.18.